The van der Waals surface area contributed by atoms with E-state index in [1.54, 1.807) is 12.3 Å². The Labute approximate surface area is 121 Å². The average Bonchev–Trinajstić information content (AvgIpc) is 2.42. The number of carboxylic acid groups (broad SMARTS) is 1. The maximum absolute atomic E-state index is 11.7. The summed E-state index contributed by atoms with van der Waals surface area (Å²) in [5.41, 5.74) is 6.56. The lowest BCUT2D eigenvalue weighted by Gasteiger charge is -2.14. The van der Waals surface area contributed by atoms with Gasteiger partial charge in [0.1, 0.15) is 6.04 Å². The third-order valence-electron chi connectivity index (χ3n) is 2.82. The Morgan fingerprint density at radius 3 is 2.71 bits per heavy atom. The highest BCUT2D eigenvalue weighted by Crippen LogP contribution is 2.02. The predicted octanol–water partition coefficient (Wildman–Crippen LogP) is -0.0921. The van der Waals surface area contributed by atoms with Gasteiger partial charge in [0.2, 0.25) is 5.91 Å². The number of carbonyl (C=O) groups excluding carboxylic acids is 2. The number of aromatic nitrogens is 1. The molecular weight excluding hydrogens is 276 g/mol. The molecule has 0 aliphatic heterocycles. The minimum absolute atomic E-state index is 0.0549. The Balaban J connectivity index is 2.49. The van der Waals surface area contributed by atoms with E-state index in [9.17, 15) is 14.4 Å². The van der Waals surface area contributed by atoms with E-state index in [0.29, 0.717) is 5.69 Å². The molecule has 1 rings (SSSR count). The largest absolute Gasteiger partial charge is 0.480 e. The summed E-state index contributed by atoms with van der Waals surface area (Å²) < 4.78 is 0. The second-order valence-corrected chi connectivity index (χ2v) is 4.49. The lowest BCUT2D eigenvalue weighted by atomic mass is 10.1. The molecule has 21 heavy (non-hydrogen) atoms. The van der Waals surface area contributed by atoms with E-state index in [1.807, 2.05) is 13.0 Å². The highest BCUT2D eigenvalue weighted by Gasteiger charge is 2.20. The van der Waals surface area contributed by atoms with Crippen LogP contribution in [0.4, 0.5) is 4.79 Å². The summed E-state index contributed by atoms with van der Waals surface area (Å²) in [7, 11) is 0. The van der Waals surface area contributed by atoms with Crippen LogP contribution < -0.4 is 16.4 Å². The van der Waals surface area contributed by atoms with Crippen LogP contribution in [0.15, 0.2) is 18.3 Å². The third-order valence-corrected chi connectivity index (χ3v) is 2.82. The van der Waals surface area contributed by atoms with Crippen LogP contribution in [0.5, 0.6) is 0 Å². The molecular formula is C13H18N4O4. The number of rotatable bonds is 7. The van der Waals surface area contributed by atoms with Crippen LogP contribution in [0.2, 0.25) is 0 Å². The Bertz CT molecular complexity index is 533. The summed E-state index contributed by atoms with van der Waals surface area (Å²) in [6.45, 7) is 2.04. The first kappa shape index (κ1) is 16.4. The Morgan fingerprint density at radius 2 is 2.14 bits per heavy atom. The van der Waals surface area contributed by atoms with Crippen LogP contribution in [-0.2, 0) is 16.1 Å². The van der Waals surface area contributed by atoms with Gasteiger partial charge in [0.05, 0.1) is 12.2 Å². The van der Waals surface area contributed by atoms with E-state index < -0.39 is 23.9 Å². The minimum Gasteiger partial charge on any atom is -0.480 e. The molecule has 114 valence electrons. The summed E-state index contributed by atoms with van der Waals surface area (Å²) in [5.74, 6) is -1.84. The first-order valence-corrected chi connectivity index (χ1v) is 6.36. The number of urea groups is 1. The Hall–Kier alpha value is -2.64. The van der Waals surface area contributed by atoms with Gasteiger partial charge in [-0.3, -0.25) is 9.78 Å². The molecule has 8 nitrogen and oxygen atoms in total. The van der Waals surface area contributed by atoms with Gasteiger partial charge in [0, 0.05) is 12.6 Å². The van der Waals surface area contributed by atoms with Crippen LogP contribution in [0.3, 0.4) is 0 Å². The molecule has 8 heteroatoms. The highest BCUT2D eigenvalue weighted by molar-refractivity contribution is 5.83. The average molecular weight is 294 g/mol. The number of aliphatic carboxylic acids is 1. The number of nitrogens with zero attached hydrogens (tertiary/aromatic N) is 1. The zero-order chi connectivity index (χ0) is 15.8. The van der Waals surface area contributed by atoms with Gasteiger partial charge in [0.15, 0.2) is 0 Å². The monoisotopic (exact) mass is 294 g/mol. The number of carboxylic acids is 1. The second-order valence-electron chi connectivity index (χ2n) is 4.49. The molecule has 0 saturated heterocycles. The van der Waals surface area contributed by atoms with Crippen molar-refractivity contribution in [2.24, 2.45) is 5.73 Å². The molecule has 0 fully saturated rings. The fraction of sp³-hybridized carbons (Fsp3) is 0.385. The number of amides is 3. The van der Waals surface area contributed by atoms with Crippen molar-refractivity contribution < 1.29 is 19.5 Å². The summed E-state index contributed by atoms with van der Waals surface area (Å²) in [6.07, 6.45) is 1.44. The van der Waals surface area contributed by atoms with Gasteiger partial charge < -0.3 is 21.5 Å². The molecule has 0 aliphatic carbocycles. The molecule has 0 saturated carbocycles. The van der Waals surface area contributed by atoms with Gasteiger partial charge >= 0.3 is 12.0 Å². The fourth-order valence-electron chi connectivity index (χ4n) is 1.62. The van der Waals surface area contributed by atoms with Gasteiger partial charge in [-0.05, 0) is 25.0 Å². The number of nitrogens with two attached hydrogens (primary N) is 1. The maximum Gasteiger partial charge on any atom is 0.326 e. The second kappa shape index (κ2) is 7.83. The van der Waals surface area contributed by atoms with Crippen LogP contribution in [0.1, 0.15) is 24.1 Å². The van der Waals surface area contributed by atoms with Gasteiger partial charge in [-0.2, -0.15) is 0 Å². The summed E-state index contributed by atoms with van der Waals surface area (Å²) in [6, 6.07) is 1.83. The van der Waals surface area contributed by atoms with Crippen LogP contribution in [0, 0.1) is 6.92 Å². The Morgan fingerprint density at radius 1 is 1.43 bits per heavy atom. The summed E-state index contributed by atoms with van der Waals surface area (Å²) in [4.78, 5) is 37.4. The van der Waals surface area contributed by atoms with E-state index in [2.05, 4.69) is 15.6 Å². The quantitative estimate of drug-likeness (QED) is 0.557. The standard InChI is InChI=1S/C13H18N4O4/c1-8-3-2-6-15-10(8)7-16-13(21)17-9(12(19)20)4-5-11(14)18/h2-3,6,9H,4-5,7H2,1H3,(H2,14,18)(H,19,20)(H2,16,17,21). The van der Waals surface area contributed by atoms with Crippen molar-refractivity contribution in [3.63, 3.8) is 0 Å². The zero-order valence-corrected chi connectivity index (χ0v) is 11.6. The molecule has 0 aliphatic rings. The molecule has 1 aromatic rings. The molecule has 0 bridgehead atoms. The van der Waals surface area contributed by atoms with Crippen molar-refractivity contribution in [3.8, 4) is 0 Å². The number of nitrogens with one attached hydrogen (secondary N) is 2. The minimum atomic E-state index is -1.22. The van der Waals surface area contributed by atoms with E-state index in [4.69, 9.17) is 10.8 Å². The van der Waals surface area contributed by atoms with Crippen molar-refractivity contribution in [1.82, 2.24) is 15.6 Å². The van der Waals surface area contributed by atoms with Crippen molar-refractivity contribution in [2.45, 2.75) is 32.4 Å². The maximum atomic E-state index is 11.7. The SMILES string of the molecule is Cc1cccnc1CNC(=O)NC(CCC(N)=O)C(=O)O. The smallest absolute Gasteiger partial charge is 0.326 e. The number of primary amides is 1. The number of hydrogen-bond donors (Lipinski definition) is 4. The predicted molar refractivity (Wildman–Crippen MR) is 74.2 cm³/mol. The number of pyridine rings is 1. The first-order chi connectivity index (χ1) is 9.90. The molecule has 1 atom stereocenters. The molecule has 0 aromatic carbocycles. The molecule has 1 unspecified atom stereocenters. The van der Waals surface area contributed by atoms with Crippen LogP contribution in [0.25, 0.3) is 0 Å². The highest BCUT2D eigenvalue weighted by atomic mass is 16.4. The van der Waals surface area contributed by atoms with Crippen molar-refractivity contribution in [3.05, 3.63) is 29.6 Å². The van der Waals surface area contributed by atoms with Crippen LogP contribution in [-0.4, -0.2) is 34.0 Å². The van der Waals surface area contributed by atoms with E-state index in [-0.39, 0.29) is 19.4 Å². The molecule has 0 radical (unpaired) electrons. The van der Waals surface area contributed by atoms with Crippen molar-refractivity contribution >= 4 is 17.9 Å². The fourth-order valence-corrected chi connectivity index (χ4v) is 1.62. The zero-order valence-electron chi connectivity index (χ0n) is 11.6. The lowest BCUT2D eigenvalue weighted by Crippen LogP contribution is -2.46. The van der Waals surface area contributed by atoms with E-state index in [0.717, 1.165) is 5.56 Å². The van der Waals surface area contributed by atoms with Crippen molar-refractivity contribution in [2.75, 3.05) is 0 Å². The lowest BCUT2D eigenvalue weighted by molar-refractivity contribution is -0.139. The third kappa shape index (κ3) is 5.89. The van der Waals surface area contributed by atoms with Gasteiger partial charge in [-0.1, -0.05) is 6.07 Å². The molecule has 1 aromatic heterocycles. The van der Waals surface area contributed by atoms with E-state index >= 15 is 0 Å². The first-order valence-electron chi connectivity index (χ1n) is 6.36. The van der Waals surface area contributed by atoms with Gasteiger partial charge in [0.25, 0.3) is 0 Å². The number of carbonyl (C=O) groups is 3. The molecule has 5 N–H and O–H groups in total. The van der Waals surface area contributed by atoms with E-state index in [1.165, 1.54) is 0 Å². The summed E-state index contributed by atoms with van der Waals surface area (Å²) >= 11 is 0. The van der Waals surface area contributed by atoms with Gasteiger partial charge in [-0.15, -0.1) is 0 Å². The van der Waals surface area contributed by atoms with Gasteiger partial charge in [-0.25, -0.2) is 9.59 Å². The molecule has 1 heterocycles. The number of aryl methyl sites for hydroxylation is 1. The molecule has 0 spiro atoms. The number of hydrogen-bond acceptors (Lipinski definition) is 4. The van der Waals surface area contributed by atoms with Crippen molar-refractivity contribution in [1.29, 1.82) is 0 Å². The topological polar surface area (TPSA) is 134 Å². The molecule has 3 amide bonds. The Kier molecular flexibility index (Phi) is 6.12. The normalized spacial score (nSPS) is 11.5. The van der Waals surface area contributed by atoms with Crippen LogP contribution >= 0.6 is 0 Å². The summed E-state index contributed by atoms with van der Waals surface area (Å²) in [5, 5.41) is 13.8.